The van der Waals surface area contributed by atoms with Crippen molar-refractivity contribution < 1.29 is 27.5 Å². The quantitative estimate of drug-likeness (QED) is 0.619. The van der Waals surface area contributed by atoms with Gasteiger partial charge in [-0.1, -0.05) is 0 Å². The second-order valence-electron chi connectivity index (χ2n) is 2.73. The van der Waals surface area contributed by atoms with Gasteiger partial charge < -0.3 is 16.6 Å². The summed E-state index contributed by atoms with van der Waals surface area (Å²) in [6.45, 7) is 0. The molecule has 17 heavy (non-hydrogen) atoms. The molecule has 5 N–H and O–H groups in total. The number of hydrogen-bond donors (Lipinski definition) is 3. The Morgan fingerprint density at radius 3 is 2.00 bits per heavy atom. The van der Waals surface area contributed by atoms with Crippen LogP contribution < -0.4 is 11.5 Å². The molecule has 0 aromatic carbocycles. The maximum Gasteiger partial charge on any atom is 0.340 e. The maximum atomic E-state index is 13.0. The van der Waals surface area contributed by atoms with Crippen LogP contribution in [0, 0.1) is 0 Å². The zero-order valence-corrected chi connectivity index (χ0v) is 8.73. The molecule has 0 unspecified atom stereocenters. The number of nitrogens with two attached hydrogens (primary N) is 2. The molecule has 8 heteroatoms. The molecule has 0 aromatic rings. The molecule has 1 aliphatic rings. The lowest BCUT2D eigenvalue weighted by Gasteiger charge is -2.01. The second-order valence-corrected chi connectivity index (χ2v) is 2.73. The molecule has 0 aliphatic heterocycles. The molecule has 0 spiro atoms. The Bertz CT molecular complexity index is 427. The van der Waals surface area contributed by atoms with Crippen LogP contribution >= 0.6 is 0 Å². The smallest absolute Gasteiger partial charge is 0.340 e. The fourth-order valence-electron chi connectivity index (χ4n) is 1.03. The Morgan fingerprint density at radius 1 is 1.12 bits per heavy atom. The van der Waals surface area contributed by atoms with E-state index in [0.717, 1.165) is 0 Å². The number of hydrogen-bond acceptors (Lipinski definition) is 3. The first-order chi connectivity index (χ1) is 7.86. The van der Waals surface area contributed by atoms with Gasteiger partial charge in [0.15, 0.2) is 17.5 Å². The lowest BCUT2D eigenvalue weighted by molar-refractivity contribution is -0.132. The van der Waals surface area contributed by atoms with Gasteiger partial charge in [0, 0.05) is 12.1 Å². The maximum absolute atomic E-state index is 13.0. The third-order valence-electron chi connectivity index (χ3n) is 1.72. The first-order valence-electron chi connectivity index (χ1n) is 4.26. The molecule has 0 heterocycles. The van der Waals surface area contributed by atoms with Gasteiger partial charge in [-0.25, -0.2) is 22.4 Å². The van der Waals surface area contributed by atoms with Crippen molar-refractivity contribution in [3.63, 3.8) is 0 Å². The average Bonchev–Trinajstić information content (AvgIpc) is 2.34. The zero-order chi connectivity index (χ0) is 13.7. The predicted molar refractivity (Wildman–Crippen MR) is 52.1 cm³/mol. The molecule has 1 aliphatic carbocycles. The molecule has 0 radical (unpaired) electrons. The molecule has 0 fully saturated rings. The minimum atomic E-state index is -2.19. The second kappa shape index (κ2) is 6.04. The fourth-order valence-corrected chi connectivity index (χ4v) is 1.03. The van der Waals surface area contributed by atoms with Gasteiger partial charge in [0.1, 0.15) is 11.4 Å². The Hall–Kier alpha value is -1.83. The van der Waals surface area contributed by atoms with Crippen molar-refractivity contribution in [3.05, 3.63) is 34.6 Å². The molecule has 0 aromatic heterocycles. The molecule has 0 saturated carbocycles. The summed E-state index contributed by atoms with van der Waals surface area (Å²) in [7, 11) is 1.50. The van der Waals surface area contributed by atoms with E-state index in [1.54, 1.807) is 0 Å². The molecule has 0 amide bonds. The highest BCUT2D eigenvalue weighted by atomic mass is 19.2. The van der Waals surface area contributed by atoms with E-state index in [4.69, 9.17) is 10.8 Å². The lowest BCUT2D eigenvalue weighted by atomic mass is 10.1. The van der Waals surface area contributed by atoms with Crippen molar-refractivity contribution in [1.29, 1.82) is 0 Å². The summed E-state index contributed by atoms with van der Waals surface area (Å²) in [6.07, 6.45) is -0.978. The van der Waals surface area contributed by atoms with Crippen molar-refractivity contribution in [1.82, 2.24) is 0 Å². The summed E-state index contributed by atoms with van der Waals surface area (Å²) in [5.41, 5.74) is 7.47. The van der Waals surface area contributed by atoms with Crippen LogP contribution in [0.5, 0.6) is 0 Å². The van der Waals surface area contributed by atoms with Gasteiger partial charge in [-0.3, -0.25) is 0 Å². The van der Waals surface area contributed by atoms with Crippen LogP contribution in [0.1, 0.15) is 6.42 Å². The van der Waals surface area contributed by atoms with E-state index in [1.165, 1.54) is 7.05 Å². The first-order valence-corrected chi connectivity index (χ1v) is 4.26. The molecular weight excluding hydrogens is 244 g/mol. The summed E-state index contributed by atoms with van der Waals surface area (Å²) in [5.74, 6) is -9.79. The summed E-state index contributed by atoms with van der Waals surface area (Å²) >= 11 is 0. The minimum absolute atomic E-state index is 0.778. The highest BCUT2D eigenvalue weighted by Crippen LogP contribution is 2.34. The largest absolute Gasteiger partial charge is 0.478 e. The summed E-state index contributed by atoms with van der Waals surface area (Å²) in [5, 5.41) is 8.45. The van der Waals surface area contributed by atoms with E-state index < -0.39 is 47.0 Å². The van der Waals surface area contributed by atoms with E-state index in [2.05, 4.69) is 5.73 Å². The number of aliphatic carboxylic acids is 1. The number of halogens is 4. The van der Waals surface area contributed by atoms with Crippen LogP contribution in [0.2, 0.25) is 0 Å². The van der Waals surface area contributed by atoms with Gasteiger partial charge >= 0.3 is 5.97 Å². The summed E-state index contributed by atoms with van der Waals surface area (Å²) in [6, 6.07) is 0. The van der Waals surface area contributed by atoms with Gasteiger partial charge in [-0.2, -0.15) is 0 Å². The zero-order valence-electron chi connectivity index (χ0n) is 8.73. The number of rotatable bonds is 1. The molecule has 0 saturated heterocycles. The number of allylic oxidation sites excluding steroid dienone is 3. The van der Waals surface area contributed by atoms with Gasteiger partial charge in [-0.15, -0.1) is 0 Å². The van der Waals surface area contributed by atoms with E-state index >= 15 is 0 Å². The van der Waals surface area contributed by atoms with Crippen molar-refractivity contribution >= 4 is 5.97 Å². The highest BCUT2D eigenvalue weighted by Gasteiger charge is 2.29. The van der Waals surface area contributed by atoms with Gasteiger partial charge in [0.25, 0.3) is 0 Å². The predicted octanol–water partition coefficient (Wildman–Crippen LogP) is 1.56. The van der Waals surface area contributed by atoms with Gasteiger partial charge in [0.05, 0.1) is 0 Å². The Labute approximate surface area is 93.9 Å². The first kappa shape index (κ1) is 15.2. The normalized spacial score (nSPS) is 16.6. The van der Waals surface area contributed by atoms with E-state index in [0.29, 0.717) is 0 Å². The van der Waals surface area contributed by atoms with Crippen LogP contribution in [-0.4, -0.2) is 18.1 Å². The van der Waals surface area contributed by atoms with Crippen molar-refractivity contribution in [2.24, 2.45) is 11.5 Å². The van der Waals surface area contributed by atoms with Crippen molar-refractivity contribution in [2.75, 3.05) is 7.05 Å². The highest BCUT2D eigenvalue weighted by molar-refractivity contribution is 5.92. The molecule has 0 bridgehead atoms. The topological polar surface area (TPSA) is 89.3 Å². The SMILES string of the molecule is CN.NC1=C(C(=O)O)C(F)=C(F)C(F)=C(F)C1. The van der Waals surface area contributed by atoms with E-state index in [9.17, 15) is 22.4 Å². The third kappa shape index (κ3) is 3.06. The molecule has 4 nitrogen and oxygen atoms in total. The molecule has 0 atom stereocenters. The fraction of sp³-hybridized carbons (Fsp3) is 0.222. The number of carboxylic acids is 1. The molecule has 96 valence electrons. The van der Waals surface area contributed by atoms with Crippen LogP contribution in [0.25, 0.3) is 0 Å². The summed E-state index contributed by atoms with van der Waals surface area (Å²) < 4.78 is 51.1. The van der Waals surface area contributed by atoms with Crippen molar-refractivity contribution in [3.8, 4) is 0 Å². The lowest BCUT2D eigenvalue weighted by Crippen LogP contribution is -2.11. The molecule has 1 rings (SSSR count). The standard InChI is InChI=1S/C8H5F4NO2.CH5N/c9-2-1-3(13)4(8(14)15)6(11)7(12)5(2)10;1-2/h1,13H2,(H,14,15);2H2,1H3. The number of carbonyl (C=O) groups is 1. The van der Waals surface area contributed by atoms with E-state index in [1.807, 2.05) is 0 Å². The average molecular weight is 254 g/mol. The van der Waals surface area contributed by atoms with E-state index in [-0.39, 0.29) is 0 Å². The van der Waals surface area contributed by atoms with Gasteiger partial charge in [-0.05, 0) is 7.05 Å². The van der Waals surface area contributed by atoms with Crippen LogP contribution in [-0.2, 0) is 4.79 Å². The van der Waals surface area contributed by atoms with Gasteiger partial charge in [0.2, 0.25) is 0 Å². The van der Waals surface area contributed by atoms with Crippen LogP contribution in [0.15, 0.2) is 34.6 Å². The Morgan fingerprint density at radius 2 is 1.59 bits per heavy atom. The Kier molecular flexibility index (Phi) is 5.39. The summed E-state index contributed by atoms with van der Waals surface area (Å²) in [4.78, 5) is 10.4. The monoisotopic (exact) mass is 254 g/mol. The van der Waals surface area contributed by atoms with Crippen LogP contribution in [0.4, 0.5) is 17.6 Å². The third-order valence-corrected chi connectivity index (χ3v) is 1.72. The van der Waals surface area contributed by atoms with Crippen molar-refractivity contribution in [2.45, 2.75) is 6.42 Å². The minimum Gasteiger partial charge on any atom is -0.478 e. The van der Waals surface area contributed by atoms with Crippen LogP contribution in [0.3, 0.4) is 0 Å². The Balaban J connectivity index is 0.00000121. The number of carboxylic acid groups (broad SMARTS) is 1. The molecular formula is C9H10F4N2O2.